The van der Waals surface area contributed by atoms with Gasteiger partial charge in [-0.15, -0.1) is 6.58 Å². The van der Waals surface area contributed by atoms with E-state index in [0.717, 1.165) is 43.1 Å². The molecule has 0 radical (unpaired) electrons. The summed E-state index contributed by atoms with van der Waals surface area (Å²) >= 11 is 0. The van der Waals surface area contributed by atoms with Crippen LogP contribution in [0.2, 0.25) is 0 Å². The van der Waals surface area contributed by atoms with Crippen LogP contribution in [0.15, 0.2) is 43.0 Å². The summed E-state index contributed by atoms with van der Waals surface area (Å²) in [7, 11) is 0. The molecule has 2 aromatic rings. The van der Waals surface area contributed by atoms with Gasteiger partial charge in [0.15, 0.2) is 0 Å². The Kier molecular flexibility index (Phi) is 8.45. The molecule has 2 aromatic carbocycles. The summed E-state index contributed by atoms with van der Waals surface area (Å²) in [5, 5.41) is 0. The molecule has 0 heterocycles. The Morgan fingerprint density at radius 2 is 1.24 bits per heavy atom. The largest absolute Gasteiger partial charge is 0.207 e. The predicted octanol–water partition coefficient (Wildman–Crippen LogP) is 10.4. The van der Waals surface area contributed by atoms with Crippen molar-refractivity contribution in [1.29, 1.82) is 0 Å². The third-order valence-electron chi connectivity index (χ3n) is 9.84. The van der Waals surface area contributed by atoms with Gasteiger partial charge in [-0.1, -0.05) is 19.1 Å². The minimum atomic E-state index is -0.515. The summed E-state index contributed by atoms with van der Waals surface area (Å²) in [6.45, 7) is 5.68. The lowest BCUT2D eigenvalue weighted by molar-refractivity contribution is 0.171. The van der Waals surface area contributed by atoms with Gasteiger partial charge in [-0.2, -0.15) is 0 Å². The summed E-state index contributed by atoms with van der Waals surface area (Å²) in [4.78, 5) is 0. The van der Waals surface area contributed by atoms with Crippen LogP contribution in [-0.4, -0.2) is 0 Å². The molecule has 3 aliphatic rings. The Labute approximate surface area is 225 Å². The molecular weight excluding hydrogens is 484 g/mol. The van der Waals surface area contributed by atoms with Crippen LogP contribution in [-0.2, 0) is 6.42 Å². The summed E-state index contributed by atoms with van der Waals surface area (Å²) in [5.74, 6) is 0.371. The first kappa shape index (κ1) is 27.2. The molecule has 0 spiro atoms. The van der Waals surface area contributed by atoms with Crippen LogP contribution >= 0.6 is 0 Å². The molecule has 0 nitrogen and oxygen atoms in total. The molecule has 0 bridgehead atoms. The van der Waals surface area contributed by atoms with Crippen LogP contribution < -0.4 is 0 Å². The average molecular weight is 525 g/mol. The van der Waals surface area contributed by atoms with Gasteiger partial charge in [0, 0.05) is 11.1 Å². The highest BCUT2D eigenvalue weighted by molar-refractivity contribution is 5.68. The van der Waals surface area contributed by atoms with Crippen LogP contribution in [0.4, 0.5) is 17.6 Å². The van der Waals surface area contributed by atoms with Crippen LogP contribution in [0.3, 0.4) is 0 Å². The van der Waals surface area contributed by atoms with Crippen LogP contribution in [0, 0.1) is 41.0 Å². The van der Waals surface area contributed by atoms with Gasteiger partial charge in [-0.25, -0.2) is 17.6 Å². The number of rotatable bonds is 6. The van der Waals surface area contributed by atoms with Gasteiger partial charge in [0.1, 0.15) is 23.3 Å². The fourth-order valence-corrected chi connectivity index (χ4v) is 7.47. The van der Waals surface area contributed by atoms with E-state index in [4.69, 9.17) is 0 Å². The molecule has 2 fully saturated rings. The molecule has 0 aromatic heterocycles. The smallest absolute Gasteiger partial charge is 0.133 e. The Balaban J connectivity index is 1.23. The van der Waals surface area contributed by atoms with E-state index in [9.17, 15) is 8.78 Å². The number of hydrogen-bond acceptors (Lipinski definition) is 0. The fourth-order valence-electron chi connectivity index (χ4n) is 7.47. The predicted molar refractivity (Wildman–Crippen MR) is 147 cm³/mol. The lowest BCUT2D eigenvalue weighted by atomic mass is 9.68. The van der Waals surface area contributed by atoms with Gasteiger partial charge < -0.3 is 0 Å². The van der Waals surface area contributed by atoms with Crippen molar-refractivity contribution in [2.45, 2.75) is 95.8 Å². The zero-order valence-electron chi connectivity index (χ0n) is 22.6. The molecule has 0 aliphatic heterocycles. The third kappa shape index (κ3) is 5.65. The SMILES string of the molecule is C=CC1CCC(C2CCC(c3cc(F)c(C4=CCC(c5cc(F)c(CC)c(F)c5)CC4)c(F)c3)CC2)CC1. The second kappa shape index (κ2) is 11.8. The van der Waals surface area contributed by atoms with Gasteiger partial charge in [0.25, 0.3) is 0 Å². The van der Waals surface area contributed by atoms with Crippen molar-refractivity contribution >= 4 is 5.57 Å². The van der Waals surface area contributed by atoms with Crippen molar-refractivity contribution < 1.29 is 17.6 Å². The molecule has 4 heteroatoms. The number of benzene rings is 2. The Morgan fingerprint density at radius 1 is 0.711 bits per heavy atom. The van der Waals surface area contributed by atoms with Crippen LogP contribution in [0.5, 0.6) is 0 Å². The van der Waals surface area contributed by atoms with Crippen molar-refractivity contribution in [2.75, 3.05) is 0 Å². The second-order valence-corrected chi connectivity index (χ2v) is 11.9. The van der Waals surface area contributed by atoms with Crippen molar-refractivity contribution in [3.05, 3.63) is 88.5 Å². The molecule has 1 unspecified atom stereocenters. The number of hydrogen-bond donors (Lipinski definition) is 0. The molecule has 5 rings (SSSR count). The molecule has 204 valence electrons. The first-order valence-electron chi connectivity index (χ1n) is 14.7. The van der Waals surface area contributed by atoms with E-state index in [1.165, 1.54) is 37.8 Å². The molecule has 0 saturated heterocycles. The maximum absolute atomic E-state index is 15.3. The van der Waals surface area contributed by atoms with E-state index >= 15 is 8.78 Å². The second-order valence-electron chi connectivity index (χ2n) is 11.9. The highest BCUT2D eigenvalue weighted by atomic mass is 19.1. The van der Waals surface area contributed by atoms with Gasteiger partial charge in [-0.3, -0.25) is 0 Å². The van der Waals surface area contributed by atoms with E-state index in [0.29, 0.717) is 42.7 Å². The Hall–Kier alpha value is -2.36. The quantitative estimate of drug-likeness (QED) is 0.260. The van der Waals surface area contributed by atoms with E-state index in [2.05, 4.69) is 12.7 Å². The maximum Gasteiger partial charge on any atom is 0.133 e. The molecule has 38 heavy (non-hydrogen) atoms. The zero-order chi connectivity index (χ0) is 26.8. The van der Waals surface area contributed by atoms with Crippen molar-refractivity contribution in [3.8, 4) is 0 Å². The molecule has 0 N–H and O–H groups in total. The lowest BCUT2D eigenvalue weighted by Crippen LogP contribution is -2.25. The van der Waals surface area contributed by atoms with Crippen LogP contribution in [0.25, 0.3) is 5.57 Å². The summed E-state index contributed by atoms with van der Waals surface area (Å²) < 4.78 is 59.2. The number of allylic oxidation sites excluding steroid dienone is 3. The minimum absolute atomic E-state index is 0.0546. The zero-order valence-corrected chi connectivity index (χ0v) is 22.6. The summed E-state index contributed by atoms with van der Waals surface area (Å²) in [6, 6.07) is 5.95. The number of halogens is 4. The molecule has 3 aliphatic carbocycles. The minimum Gasteiger partial charge on any atom is -0.207 e. The Morgan fingerprint density at radius 3 is 1.74 bits per heavy atom. The average Bonchev–Trinajstić information content (AvgIpc) is 2.93. The molecular formula is C34H40F4. The summed E-state index contributed by atoms with van der Waals surface area (Å²) in [5.41, 5.74) is 2.24. The maximum atomic E-state index is 15.3. The van der Waals surface area contributed by atoms with Crippen molar-refractivity contribution in [3.63, 3.8) is 0 Å². The molecule has 2 saturated carbocycles. The molecule has 1 atom stereocenters. The monoisotopic (exact) mass is 524 g/mol. The van der Waals surface area contributed by atoms with E-state index in [-0.39, 0.29) is 23.0 Å². The normalized spacial score (nSPS) is 28.1. The van der Waals surface area contributed by atoms with Gasteiger partial charge in [0.05, 0.1) is 0 Å². The van der Waals surface area contributed by atoms with E-state index in [1.807, 2.05) is 6.08 Å². The standard InChI is InChI=1S/C34H40F4/c1-3-21-5-7-22(8-6-21)23-9-11-24(12-10-23)28-19-32(37)34(33(38)20-28)26-15-13-25(14-16-26)27-17-30(35)29(4-2)31(36)18-27/h3,15,17-25H,1,4-14,16H2,2H3. The third-order valence-corrected chi connectivity index (χ3v) is 9.84. The first-order chi connectivity index (χ1) is 18.4. The van der Waals surface area contributed by atoms with Crippen LogP contribution in [0.1, 0.15) is 112 Å². The van der Waals surface area contributed by atoms with Gasteiger partial charge >= 0.3 is 0 Å². The van der Waals surface area contributed by atoms with E-state index in [1.54, 1.807) is 19.1 Å². The highest BCUT2D eigenvalue weighted by Gasteiger charge is 2.32. The van der Waals surface area contributed by atoms with E-state index < -0.39 is 23.3 Å². The molecule has 0 amide bonds. The lowest BCUT2D eigenvalue weighted by Gasteiger charge is -2.37. The first-order valence-corrected chi connectivity index (χ1v) is 14.7. The Bertz CT molecular complexity index is 1130. The summed E-state index contributed by atoms with van der Waals surface area (Å²) in [6.07, 6.45) is 15.2. The van der Waals surface area contributed by atoms with Crippen molar-refractivity contribution in [1.82, 2.24) is 0 Å². The van der Waals surface area contributed by atoms with Crippen molar-refractivity contribution in [2.24, 2.45) is 17.8 Å². The van der Waals surface area contributed by atoms with Gasteiger partial charge in [-0.05, 0) is 148 Å². The highest BCUT2D eigenvalue weighted by Crippen LogP contribution is 2.45. The van der Waals surface area contributed by atoms with Gasteiger partial charge in [0.2, 0.25) is 0 Å². The topological polar surface area (TPSA) is 0 Å². The fraction of sp³-hybridized carbons (Fsp3) is 0.529.